The number of aliphatic hydroxyl groups is 1. The van der Waals surface area contributed by atoms with Gasteiger partial charge in [0, 0.05) is 25.7 Å². The van der Waals surface area contributed by atoms with Crippen LogP contribution in [0.15, 0.2) is 16.8 Å². The van der Waals surface area contributed by atoms with Crippen molar-refractivity contribution in [3.05, 3.63) is 22.4 Å². The molecule has 1 aliphatic carbocycles. The Morgan fingerprint density at radius 1 is 1.38 bits per heavy atom. The summed E-state index contributed by atoms with van der Waals surface area (Å²) in [6.45, 7) is 2.54. The van der Waals surface area contributed by atoms with Crippen molar-refractivity contribution in [2.75, 3.05) is 19.7 Å². The van der Waals surface area contributed by atoms with Crippen LogP contribution in [-0.4, -0.2) is 35.7 Å². The van der Waals surface area contributed by atoms with E-state index in [1.807, 2.05) is 0 Å². The molecule has 1 aromatic rings. The molecule has 0 saturated heterocycles. The number of nitrogens with zero attached hydrogens (tertiary/aromatic N) is 1. The van der Waals surface area contributed by atoms with E-state index < -0.39 is 0 Å². The maximum atomic E-state index is 8.91. The summed E-state index contributed by atoms with van der Waals surface area (Å²) in [7, 11) is 0. The van der Waals surface area contributed by atoms with Crippen molar-refractivity contribution in [1.82, 2.24) is 4.90 Å². The fourth-order valence-electron chi connectivity index (χ4n) is 2.21. The molecule has 1 aromatic heterocycles. The van der Waals surface area contributed by atoms with Crippen LogP contribution in [-0.2, 0) is 6.42 Å². The standard InChI is InChI=1S/C13H21NOS/c15-9-2-7-14(13-3-1-4-13)8-5-12-6-10-16-11-12/h6,10-11,13,15H,1-5,7-9H2. The second kappa shape index (κ2) is 6.38. The molecule has 0 aliphatic heterocycles. The molecule has 0 unspecified atom stereocenters. The van der Waals surface area contributed by atoms with Gasteiger partial charge < -0.3 is 5.11 Å². The number of hydrogen-bond donors (Lipinski definition) is 1. The predicted octanol–water partition coefficient (Wildman–Crippen LogP) is 2.53. The molecule has 1 fully saturated rings. The quantitative estimate of drug-likeness (QED) is 0.790. The Balaban J connectivity index is 1.76. The van der Waals surface area contributed by atoms with Crippen molar-refractivity contribution < 1.29 is 5.11 Å². The predicted molar refractivity (Wildman–Crippen MR) is 68.9 cm³/mol. The van der Waals surface area contributed by atoms with E-state index in [2.05, 4.69) is 21.7 Å². The number of hydrogen-bond acceptors (Lipinski definition) is 3. The number of thiophene rings is 1. The van der Waals surface area contributed by atoms with Gasteiger partial charge >= 0.3 is 0 Å². The molecule has 0 amide bonds. The van der Waals surface area contributed by atoms with E-state index >= 15 is 0 Å². The first-order chi connectivity index (χ1) is 7.90. The third-order valence-electron chi connectivity index (χ3n) is 3.46. The molecule has 1 heterocycles. The Hall–Kier alpha value is -0.380. The summed E-state index contributed by atoms with van der Waals surface area (Å²) in [5, 5.41) is 13.3. The van der Waals surface area contributed by atoms with Crippen LogP contribution >= 0.6 is 11.3 Å². The zero-order valence-corrected chi connectivity index (χ0v) is 10.6. The van der Waals surface area contributed by atoms with Crippen LogP contribution in [0, 0.1) is 0 Å². The van der Waals surface area contributed by atoms with Crippen molar-refractivity contribution in [2.24, 2.45) is 0 Å². The van der Waals surface area contributed by atoms with Gasteiger partial charge in [0.2, 0.25) is 0 Å². The lowest BCUT2D eigenvalue weighted by atomic mass is 9.91. The van der Waals surface area contributed by atoms with E-state index in [4.69, 9.17) is 5.11 Å². The molecule has 0 aromatic carbocycles. The summed E-state index contributed by atoms with van der Waals surface area (Å²) in [6, 6.07) is 3.01. The maximum absolute atomic E-state index is 8.91. The highest BCUT2D eigenvalue weighted by atomic mass is 32.1. The molecule has 0 atom stereocenters. The molecular formula is C13H21NOS. The van der Waals surface area contributed by atoms with Gasteiger partial charge in [-0.2, -0.15) is 11.3 Å². The second-order valence-corrected chi connectivity index (χ2v) is 5.36. The molecule has 2 nitrogen and oxygen atoms in total. The van der Waals surface area contributed by atoms with Crippen LogP contribution in [0.5, 0.6) is 0 Å². The van der Waals surface area contributed by atoms with Gasteiger partial charge in [0.25, 0.3) is 0 Å². The summed E-state index contributed by atoms with van der Waals surface area (Å²) >= 11 is 1.78. The van der Waals surface area contributed by atoms with Gasteiger partial charge in [0.1, 0.15) is 0 Å². The first kappa shape index (κ1) is 12.1. The lowest BCUT2D eigenvalue weighted by Crippen LogP contribution is -2.42. The van der Waals surface area contributed by atoms with Crippen LogP contribution in [0.4, 0.5) is 0 Å². The zero-order valence-electron chi connectivity index (χ0n) is 9.77. The van der Waals surface area contributed by atoms with Crippen LogP contribution < -0.4 is 0 Å². The molecule has 16 heavy (non-hydrogen) atoms. The highest BCUT2D eigenvalue weighted by Crippen LogP contribution is 2.25. The first-order valence-electron chi connectivity index (χ1n) is 6.26. The van der Waals surface area contributed by atoms with E-state index in [1.165, 1.54) is 24.8 Å². The van der Waals surface area contributed by atoms with Crippen molar-refractivity contribution in [3.63, 3.8) is 0 Å². The average Bonchev–Trinajstić information content (AvgIpc) is 2.72. The molecule has 3 heteroatoms. The van der Waals surface area contributed by atoms with Gasteiger partial charge in [-0.05, 0) is 48.1 Å². The van der Waals surface area contributed by atoms with Crippen molar-refractivity contribution >= 4 is 11.3 Å². The van der Waals surface area contributed by atoms with Gasteiger partial charge in [-0.3, -0.25) is 4.90 Å². The highest BCUT2D eigenvalue weighted by molar-refractivity contribution is 7.07. The number of rotatable bonds is 7. The van der Waals surface area contributed by atoms with E-state index in [0.717, 1.165) is 32.0 Å². The molecule has 2 rings (SSSR count). The largest absolute Gasteiger partial charge is 0.396 e. The fraction of sp³-hybridized carbons (Fsp3) is 0.692. The molecule has 1 saturated carbocycles. The lowest BCUT2D eigenvalue weighted by Gasteiger charge is -2.37. The summed E-state index contributed by atoms with van der Waals surface area (Å²) in [5.41, 5.74) is 1.46. The van der Waals surface area contributed by atoms with Crippen LogP contribution in [0.1, 0.15) is 31.2 Å². The molecule has 0 radical (unpaired) electrons. The Morgan fingerprint density at radius 3 is 2.81 bits per heavy atom. The summed E-state index contributed by atoms with van der Waals surface area (Å²) in [6.07, 6.45) is 6.18. The van der Waals surface area contributed by atoms with Gasteiger partial charge in [0.05, 0.1) is 0 Å². The summed E-state index contributed by atoms with van der Waals surface area (Å²) in [5.74, 6) is 0. The molecular weight excluding hydrogens is 218 g/mol. The van der Waals surface area contributed by atoms with Crippen LogP contribution in [0.2, 0.25) is 0 Å². The van der Waals surface area contributed by atoms with E-state index in [9.17, 15) is 0 Å². The summed E-state index contributed by atoms with van der Waals surface area (Å²) in [4.78, 5) is 2.57. The first-order valence-corrected chi connectivity index (χ1v) is 7.20. The molecule has 0 bridgehead atoms. The summed E-state index contributed by atoms with van der Waals surface area (Å²) < 4.78 is 0. The van der Waals surface area contributed by atoms with E-state index in [-0.39, 0.29) is 0 Å². The van der Waals surface area contributed by atoms with Crippen molar-refractivity contribution in [1.29, 1.82) is 0 Å². The number of aliphatic hydroxyl groups excluding tert-OH is 1. The minimum Gasteiger partial charge on any atom is -0.396 e. The minimum atomic E-state index is 0.321. The van der Waals surface area contributed by atoms with Crippen molar-refractivity contribution in [2.45, 2.75) is 38.1 Å². The van der Waals surface area contributed by atoms with Crippen molar-refractivity contribution in [3.8, 4) is 0 Å². The molecule has 1 N–H and O–H groups in total. The molecule has 1 aliphatic rings. The third kappa shape index (κ3) is 3.30. The van der Waals surface area contributed by atoms with Gasteiger partial charge in [-0.25, -0.2) is 0 Å². The Bertz CT molecular complexity index is 282. The van der Waals surface area contributed by atoms with E-state index in [0.29, 0.717) is 6.61 Å². The minimum absolute atomic E-state index is 0.321. The van der Waals surface area contributed by atoms with Crippen LogP contribution in [0.3, 0.4) is 0 Å². The topological polar surface area (TPSA) is 23.5 Å². The zero-order chi connectivity index (χ0) is 11.2. The second-order valence-electron chi connectivity index (χ2n) is 4.58. The SMILES string of the molecule is OCCCN(CCc1ccsc1)C1CCC1. The Morgan fingerprint density at radius 2 is 2.25 bits per heavy atom. The average molecular weight is 239 g/mol. The Kier molecular flexibility index (Phi) is 4.82. The Labute approximate surface area is 102 Å². The van der Waals surface area contributed by atoms with Crippen LogP contribution in [0.25, 0.3) is 0 Å². The smallest absolute Gasteiger partial charge is 0.0443 e. The molecule has 90 valence electrons. The van der Waals surface area contributed by atoms with Gasteiger partial charge in [-0.1, -0.05) is 6.42 Å². The normalized spacial score (nSPS) is 16.6. The van der Waals surface area contributed by atoms with E-state index in [1.54, 1.807) is 11.3 Å². The third-order valence-corrected chi connectivity index (χ3v) is 4.19. The monoisotopic (exact) mass is 239 g/mol. The van der Waals surface area contributed by atoms with Gasteiger partial charge in [0.15, 0.2) is 0 Å². The fourth-order valence-corrected chi connectivity index (χ4v) is 2.91. The molecule has 0 spiro atoms. The lowest BCUT2D eigenvalue weighted by molar-refractivity contribution is 0.118. The van der Waals surface area contributed by atoms with Gasteiger partial charge in [-0.15, -0.1) is 0 Å². The maximum Gasteiger partial charge on any atom is 0.0443 e. The highest BCUT2D eigenvalue weighted by Gasteiger charge is 2.23.